The number of rotatable bonds is 0. The van der Waals surface area contributed by atoms with Gasteiger partial charge in [0, 0.05) is 9.50 Å². The van der Waals surface area contributed by atoms with E-state index in [1.54, 1.807) is 0 Å². The Morgan fingerprint density at radius 3 is 2.30 bits per heavy atom. The normalized spacial score (nSPS) is 7.80. The van der Waals surface area contributed by atoms with Gasteiger partial charge in [0.2, 0.25) is 0 Å². The molecule has 0 spiro atoms. The van der Waals surface area contributed by atoms with E-state index in [0.717, 1.165) is 9.50 Å². The lowest BCUT2D eigenvalue weighted by atomic mass is 10.4. The summed E-state index contributed by atoms with van der Waals surface area (Å²) in [6.45, 7) is 2.00. The van der Waals surface area contributed by atoms with E-state index >= 15 is 0 Å². The predicted molar refractivity (Wildman–Crippen MR) is 46.3 cm³/mol. The minimum Gasteiger partial charge on any atom is -0.307 e. The van der Waals surface area contributed by atoms with Crippen LogP contribution >= 0.6 is 27.5 Å². The lowest BCUT2D eigenvalue weighted by Gasteiger charge is -1.87. The van der Waals surface area contributed by atoms with Crippen LogP contribution < -0.4 is 0 Å². The number of benzene rings is 1. The highest BCUT2D eigenvalue weighted by atomic mass is 79.9. The summed E-state index contributed by atoms with van der Waals surface area (Å²) >= 11 is 8.89. The van der Waals surface area contributed by atoms with Crippen molar-refractivity contribution in [2.75, 3.05) is 0 Å². The van der Waals surface area contributed by atoms with E-state index in [9.17, 15) is 0 Å². The largest absolute Gasteiger partial charge is 0.307 e. The molecule has 0 saturated heterocycles. The highest BCUT2D eigenvalue weighted by Gasteiger charge is 1.84. The number of carbonyl (C=O) groups is 1. The SMILES string of the molecule is C=O.Clc1cccc(Br)c1. The smallest absolute Gasteiger partial charge is 0.106 e. The molecule has 1 aromatic carbocycles. The summed E-state index contributed by atoms with van der Waals surface area (Å²) in [7, 11) is 0. The van der Waals surface area contributed by atoms with Crippen LogP contribution in [-0.2, 0) is 4.79 Å². The number of halogens is 2. The Balaban J connectivity index is 0.000000371. The molecule has 0 aliphatic carbocycles. The summed E-state index contributed by atoms with van der Waals surface area (Å²) in [5.41, 5.74) is 0. The molecule has 0 heterocycles. The van der Waals surface area contributed by atoms with Crippen LogP contribution in [0.1, 0.15) is 0 Å². The summed E-state index contributed by atoms with van der Waals surface area (Å²) in [5, 5.41) is 0.763. The van der Waals surface area contributed by atoms with Crippen LogP contribution in [0.2, 0.25) is 5.02 Å². The molecular weight excluding hydrogens is 215 g/mol. The second-order valence-electron chi connectivity index (χ2n) is 1.44. The summed E-state index contributed by atoms with van der Waals surface area (Å²) in [5.74, 6) is 0. The third-order valence-corrected chi connectivity index (χ3v) is 1.52. The van der Waals surface area contributed by atoms with Crippen molar-refractivity contribution in [1.82, 2.24) is 0 Å². The lowest BCUT2D eigenvalue weighted by Crippen LogP contribution is -1.61. The van der Waals surface area contributed by atoms with Crippen molar-refractivity contribution in [2.24, 2.45) is 0 Å². The third kappa shape index (κ3) is 3.64. The maximum Gasteiger partial charge on any atom is 0.106 e. The predicted octanol–water partition coefficient (Wildman–Crippen LogP) is 2.92. The van der Waals surface area contributed by atoms with Gasteiger partial charge in [-0.3, -0.25) is 0 Å². The van der Waals surface area contributed by atoms with E-state index < -0.39 is 0 Å². The number of carbonyl (C=O) groups excluding carboxylic acids is 1. The van der Waals surface area contributed by atoms with Gasteiger partial charge in [-0.25, -0.2) is 0 Å². The second-order valence-corrected chi connectivity index (χ2v) is 2.79. The first-order valence-electron chi connectivity index (χ1n) is 2.49. The Labute approximate surface area is 73.1 Å². The second kappa shape index (κ2) is 5.45. The first-order chi connectivity index (χ1) is 4.79. The van der Waals surface area contributed by atoms with E-state index in [1.807, 2.05) is 31.1 Å². The molecule has 0 radical (unpaired) electrons. The van der Waals surface area contributed by atoms with Gasteiger partial charge in [-0.15, -0.1) is 0 Å². The van der Waals surface area contributed by atoms with Crippen molar-refractivity contribution in [1.29, 1.82) is 0 Å². The Morgan fingerprint density at radius 1 is 1.40 bits per heavy atom. The van der Waals surface area contributed by atoms with Gasteiger partial charge in [0.25, 0.3) is 0 Å². The highest BCUT2D eigenvalue weighted by molar-refractivity contribution is 9.10. The van der Waals surface area contributed by atoms with Gasteiger partial charge >= 0.3 is 0 Å². The van der Waals surface area contributed by atoms with Crippen LogP contribution in [0.4, 0.5) is 0 Å². The Bertz CT molecular complexity index is 185. The number of hydrogen-bond donors (Lipinski definition) is 0. The molecule has 0 aliphatic heterocycles. The summed E-state index contributed by atoms with van der Waals surface area (Å²) in [6, 6.07) is 7.52. The summed E-state index contributed by atoms with van der Waals surface area (Å²) < 4.78 is 1.02. The molecule has 1 aromatic rings. The molecule has 1 nitrogen and oxygen atoms in total. The van der Waals surface area contributed by atoms with E-state index in [0.29, 0.717) is 0 Å². The lowest BCUT2D eigenvalue weighted by molar-refractivity contribution is -0.0979. The van der Waals surface area contributed by atoms with Gasteiger partial charge < -0.3 is 4.79 Å². The fraction of sp³-hybridized carbons (Fsp3) is 0. The van der Waals surface area contributed by atoms with E-state index in [4.69, 9.17) is 16.4 Å². The molecule has 0 bridgehead atoms. The first kappa shape index (κ1) is 9.66. The van der Waals surface area contributed by atoms with Crippen LogP contribution in [-0.4, -0.2) is 6.79 Å². The van der Waals surface area contributed by atoms with Crippen molar-refractivity contribution < 1.29 is 4.79 Å². The molecule has 0 amide bonds. The van der Waals surface area contributed by atoms with Gasteiger partial charge in [0.1, 0.15) is 6.79 Å². The first-order valence-corrected chi connectivity index (χ1v) is 3.66. The maximum absolute atomic E-state index is 8.00. The zero-order valence-electron chi connectivity index (χ0n) is 5.18. The average Bonchev–Trinajstić information content (AvgIpc) is 1.91. The molecule has 0 unspecified atom stereocenters. The van der Waals surface area contributed by atoms with E-state index in [1.165, 1.54) is 0 Å². The molecule has 3 heteroatoms. The third-order valence-electron chi connectivity index (χ3n) is 0.787. The van der Waals surface area contributed by atoms with Gasteiger partial charge in [-0.05, 0) is 18.2 Å². The van der Waals surface area contributed by atoms with E-state index in [-0.39, 0.29) is 0 Å². The molecule has 0 aromatic heterocycles. The molecular formula is C7H6BrClO. The van der Waals surface area contributed by atoms with Crippen molar-refractivity contribution in [3.8, 4) is 0 Å². The molecule has 0 aliphatic rings. The fourth-order valence-corrected chi connectivity index (χ4v) is 1.18. The molecule has 1 rings (SSSR count). The quantitative estimate of drug-likeness (QED) is 0.658. The molecule has 0 saturated carbocycles. The monoisotopic (exact) mass is 220 g/mol. The Kier molecular flexibility index (Phi) is 5.26. The van der Waals surface area contributed by atoms with Crippen LogP contribution in [0.15, 0.2) is 28.7 Å². The zero-order chi connectivity index (χ0) is 7.98. The van der Waals surface area contributed by atoms with Crippen molar-refractivity contribution in [3.05, 3.63) is 33.8 Å². The standard InChI is InChI=1S/C6H4BrCl.CH2O/c7-5-2-1-3-6(8)4-5;1-2/h1-4H;1H2. The Morgan fingerprint density at radius 2 is 2.00 bits per heavy atom. The Hall–Kier alpha value is -0.340. The molecule has 0 atom stereocenters. The van der Waals surface area contributed by atoms with Gasteiger partial charge in [0.15, 0.2) is 0 Å². The number of hydrogen-bond acceptors (Lipinski definition) is 1. The van der Waals surface area contributed by atoms with E-state index in [2.05, 4.69) is 15.9 Å². The summed E-state index contributed by atoms with van der Waals surface area (Å²) in [4.78, 5) is 8.00. The van der Waals surface area contributed by atoms with Crippen LogP contribution in [0, 0.1) is 0 Å². The van der Waals surface area contributed by atoms with Crippen LogP contribution in [0.25, 0.3) is 0 Å². The summed E-state index contributed by atoms with van der Waals surface area (Å²) in [6.07, 6.45) is 0. The van der Waals surface area contributed by atoms with Crippen molar-refractivity contribution >= 4 is 34.3 Å². The topological polar surface area (TPSA) is 17.1 Å². The maximum atomic E-state index is 8.00. The van der Waals surface area contributed by atoms with Gasteiger partial charge in [0.05, 0.1) is 0 Å². The molecule has 10 heavy (non-hydrogen) atoms. The van der Waals surface area contributed by atoms with Gasteiger partial charge in [-0.1, -0.05) is 33.6 Å². The molecule has 0 N–H and O–H groups in total. The highest BCUT2D eigenvalue weighted by Crippen LogP contribution is 2.14. The minimum absolute atomic E-state index is 0.763. The van der Waals surface area contributed by atoms with Crippen molar-refractivity contribution in [2.45, 2.75) is 0 Å². The fourth-order valence-electron chi connectivity index (χ4n) is 0.460. The van der Waals surface area contributed by atoms with Crippen LogP contribution in [0.5, 0.6) is 0 Å². The molecule has 0 fully saturated rings. The van der Waals surface area contributed by atoms with Crippen molar-refractivity contribution in [3.63, 3.8) is 0 Å². The average molecular weight is 221 g/mol. The molecule has 54 valence electrons. The minimum atomic E-state index is 0.763. The van der Waals surface area contributed by atoms with Gasteiger partial charge in [-0.2, -0.15) is 0 Å². The zero-order valence-corrected chi connectivity index (χ0v) is 7.52. The van der Waals surface area contributed by atoms with Crippen LogP contribution in [0.3, 0.4) is 0 Å².